The van der Waals surface area contributed by atoms with Gasteiger partial charge in [0.25, 0.3) is 0 Å². The van der Waals surface area contributed by atoms with Gasteiger partial charge in [0, 0.05) is 9.38 Å². The summed E-state index contributed by atoms with van der Waals surface area (Å²) in [5.41, 5.74) is 3.15. The standard InChI is InChI=1S/C20H26N2S2Si3/c1-25(2,3)19-16-15-10-14(9-13(11-21)12-22)23-18(15)27(7,8)17(16)20(24-19)26(4,5)6/h9-10H,1-8H3. The van der Waals surface area contributed by atoms with Crippen molar-refractivity contribution in [2.24, 2.45) is 0 Å². The molecule has 2 aromatic heterocycles. The van der Waals surface area contributed by atoms with Gasteiger partial charge in [-0.1, -0.05) is 52.4 Å². The van der Waals surface area contributed by atoms with E-state index in [-0.39, 0.29) is 5.57 Å². The second kappa shape index (κ2) is 6.40. The minimum absolute atomic E-state index is 0.188. The highest BCUT2D eigenvalue weighted by atomic mass is 32.1. The molecule has 2 nitrogen and oxygen atoms in total. The number of hydrogen-bond acceptors (Lipinski definition) is 4. The van der Waals surface area contributed by atoms with Crippen molar-refractivity contribution in [3.8, 4) is 23.3 Å². The van der Waals surface area contributed by atoms with Gasteiger partial charge in [0.05, 0.1) is 16.1 Å². The smallest absolute Gasteiger partial charge is 0.131 e. The van der Waals surface area contributed by atoms with E-state index in [1.165, 1.54) is 10.1 Å². The molecule has 0 bridgehead atoms. The molecule has 3 heterocycles. The topological polar surface area (TPSA) is 47.6 Å². The normalized spacial score (nSPS) is 14.9. The van der Waals surface area contributed by atoms with Crippen molar-refractivity contribution in [2.45, 2.75) is 52.4 Å². The fourth-order valence-corrected chi connectivity index (χ4v) is 18.1. The van der Waals surface area contributed by atoms with Crippen molar-refractivity contribution in [2.75, 3.05) is 0 Å². The van der Waals surface area contributed by atoms with Gasteiger partial charge >= 0.3 is 0 Å². The monoisotopic (exact) mass is 442 g/mol. The number of nitriles is 2. The number of fused-ring (bicyclic) bond motifs is 3. The molecule has 0 aromatic carbocycles. The van der Waals surface area contributed by atoms with Crippen molar-refractivity contribution >= 4 is 71.7 Å². The van der Waals surface area contributed by atoms with Crippen LogP contribution in [0.25, 0.3) is 17.2 Å². The third-order valence-electron chi connectivity index (χ3n) is 5.01. The molecule has 0 saturated heterocycles. The molecule has 2 aromatic rings. The Morgan fingerprint density at radius 3 is 2.00 bits per heavy atom. The van der Waals surface area contributed by atoms with E-state index in [0.717, 1.165) is 4.88 Å². The molecule has 1 aliphatic heterocycles. The molecule has 140 valence electrons. The second-order valence-corrected chi connectivity index (χ2v) is 27.3. The largest absolute Gasteiger partial charge is 0.192 e. The molecule has 27 heavy (non-hydrogen) atoms. The first kappa shape index (κ1) is 20.5. The Bertz CT molecular complexity index is 1030. The maximum atomic E-state index is 9.12. The number of rotatable bonds is 3. The molecule has 0 amide bonds. The summed E-state index contributed by atoms with van der Waals surface area (Å²) in [6.45, 7) is 19.8. The average Bonchev–Trinajstić information content (AvgIpc) is 3.17. The van der Waals surface area contributed by atoms with Crippen LogP contribution in [0.5, 0.6) is 0 Å². The van der Waals surface area contributed by atoms with Crippen molar-refractivity contribution in [1.29, 1.82) is 10.5 Å². The highest BCUT2D eigenvalue weighted by Crippen LogP contribution is 2.36. The molecule has 0 N–H and O–H groups in total. The number of thiophene rings is 2. The number of hydrogen-bond donors (Lipinski definition) is 0. The van der Waals surface area contributed by atoms with Crippen LogP contribution >= 0.6 is 22.7 Å². The quantitative estimate of drug-likeness (QED) is 0.530. The van der Waals surface area contributed by atoms with Gasteiger partial charge in [-0.25, -0.2) is 0 Å². The van der Waals surface area contributed by atoms with E-state index in [2.05, 4.69) is 69.8 Å². The lowest BCUT2D eigenvalue weighted by atomic mass is 10.1. The highest BCUT2D eigenvalue weighted by Gasteiger charge is 2.47. The predicted molar refractivity (Wildman–Crippen MR) is 130 cm³/mol. The second-order valence-electron chi connectivity index (χ2n) is 9.81. The van der Waals surface area contributed by atoms with E-state index in [1.54, 1.807) is 37.2 Å². The minimum Gasteiger partial charge on any atom is -0.192 e. The maximum Gasteiger partial charge on any atom is 0.131 e. The van der Waals surface area contributed by atoms with Crippen LogP contribution in [-0.4, -0.2) is 24.2 Å². The molecular formula is C20H26N2S2Si3. The van der Waals surface area contributed by atoms with E-state index in [0.29, 0.717) is 0 Å². The first-order valence-electron chi connectivity index (χ1n) is 9.17. The molecule has 0 atom stereocenters. The zero-order valence-corrected chi connectivity index (χ0v) is 22.0. The van der Waals surface area contributed by atoms with E-state index in [1.807, 2.05) is 12.1 Å². The number of nitrogens with zero attached hydrogens (tertiary/aromatic N) is 2. The van der Waals surface area contributed by atoms with Crippen LogP contribution in [-0.2, 0) is 0 Å². The van der Waals surface area contributed by atoms with Crippen molar-refractivity contribution in [3.63, 3.8) is 0 Å². The van der Waals surface area contributed by atoms with Gasteiger partial charge in [0.15, 0.2) is 0 Å². The predicted octanol–water partition coefficient (Wildman–Crippen LogP) is 4.13. The number of allylic oxidation sites excluding steroid dienone is 1. The van der Waals surface area contributed by atoms with Gasteiger partial charge in [0.1, 0.15) is 25.8 Å². The Morgan fingerprint density at radius 1 is 0.963 bits per heavy atom. The lowest BCUT2D eigenvalue weighted by Gasteiger charge is -2.24. The van der Waals surface area contributed by atoms with Gasteiger partial charge in [-0.15, -0.1) is 11.3 Å². The van der Waals surface area contributed by atoms with Gasteiger partial charge in [-0.3, -0.25) is 0 Å². The molecule has 0 radical (unpaired) electrons. The van der Waals surface area contributed by atoms with Crippen molar-refractivity contribution in [3.05, 3.63) is 16.5 Å². The molecule has 7 heteroatoms. The molecule has 0 saturated carbocycles. The summed E-state index contributed by atoms with van der Waals surface area (Å²) in [5.74, 6) is 0. The third kappa shape index (κ3) is 3.26. The summed E-state index contributed by atoms with van der Waals surface area (Å²) >= 11 is 3.92. The van der Waals surface area contributed by atoms with Crippen LogP contribution in [0.3, 0.4) is 0 Å². The van der Waals surface area contributed by atoms with Crippen LogP contribution in [0.15, 0.2) is 11.6 Å². The van der Waals surface area contributed by atoms with Crippen LogP contribution < -0.4 is 18.7 Å². The van der Waals surface area contributed by atoms with E-state index in [4.69, 9.17) is 10.5 Å². The molecule has 0 aliphatic carbocycles. The van der Waals surface area contributed by atoms with E-state index >= 15 is 0 Å². The summed E-state index contributed by atoms with van der Waals surface area (Å²) in [5, 5.41) is 20.0. The summed E-state index contributed by atoms with van der Waals surface area (Å²) in [4.78, 5) is 1.05. The lowest BCUT2D eigenvalue weighted by molar-refractivity contribution is 1.47. The highest BCUT2D eigenvalue weighted by molar-refractivity contribution is 7.41. The first-order chi connectivity index (χ1) is 12.3. The zero-order chi connectivity index (χ0) is 20.4. The SMILES string of the molecule is C[Si](C)(C)c1sc([Si](C)(C)C)c2c1-c1cc(C=C(C#N)C#N)sc1[Si]2(C)C. The Kier molecular flexibility index (Phi) is 4.86. The molecule has 1 aliphatic rings. The lowest BCUT2D eigenvalue weighted by Crippen LogP contribution is -2.58. The fraction of sp³-hybridized carbons (Fsp3) is 0.400. The third-order valence-corrected chi connectivity index (χ3v) is 19.7. The summed E-state index contributed by atoms with van der Waals surface area (Å²) < 4.78 is 4.88. The Morgan fingerprint density at radius 2 is 1.52 bits per heavy atom. The van der Waals surface area contributed by atoms with E-state index < -0.39 is 24.2 Å². The molecule has 0 spiro atoms. The van der Waals surface area contributed by atoms with Crippen LogP contribution in [0.1, 0.15) is 4.88 Å². The first-order valence-corrected chi connectivity index (χ1v) is 20.8. The average molecular weight is 443 g/mol. The molecular weight excluding hydrogens is 417 g/mol. The van der Waals surface area contributed by atoms with Crippen molar-refractivity contribution in [1.82, 2.24) is 0 Å². The zero-order valence-electron chi connectivity index (χ0n) is 17.4. The minimum atomic E-state index is -1.75. The van der Waals surface area contributed by atoms with Gasteiger partial charge in [-0.2, -0.15) is 21.9 Å². The molecule has 3 rings (SSSR count). The summed E-state index contributed by atoms with van der Waals surface area (Å²) in [6.07, 6.45) is 1.76. The summed E-state index contributed by atoms with van der Waals surface area (Å²) in [7, 11) is -4.64. The fourth-order valence-electron chi connectivity index (χ4n) is 3.82. The van der Waals surface area contributed by atoms with Crippen LogP contribution in [0.2, 0.25) is 52.4 Å². The summed E-state index contributed by atoms with van der Waals surface area (Å²) in [6, 6.07) is 6.24. The molecule has 0 fully saturated rings. The van der Waals surface area contributed by atoms with Crippen molar-refractivity contribution < 1.29 is 0 Å². The Labute approximate surface area is 173 Å². The van der Waals surface area contributed by atoms with Gasteiger partial charge in [-0.05, 0) is 37.5 Å². The van der Waals surface area contributed by atoms with Crippen LogP contribution in [0.4, 0.5) is 0 Å². The van der Waals surface area contributed by atoms with E-state index in [9.17, 15) is 0 Å². The Hall–Kier alpha value is -1.23. The molecule has 0 unspecified atom stereocenters. The maximum absolute atomic E-state index is 9.12. The van der Waals surface area contributed by atoms with Gasteiger partial charge < -0.3 is 0 Å². The van der Waals surface area contributed by atoms with Gasteiger partial charge in [0.2, 0.25) is 0 Å². The Balaban J connectivity index is 2.35. The van der Waals surface area contributed by atoms with Crippen LogP contribution in [0, 0.1) is 22.7 Å².